The van der Waals surface area contributed by atoms with Crippen LogP contribution in [-0.4, -0.2) is 46.5 Å². The van der Waals surface area contributed by atoms with E-state index in [0.29, 0.717) is 12.3 Å². The summed E-state index contributed by atoms with van der Waals surface area (Å²) >= 11 is 0. The molecule has 20 heavy (non-hydrogen) atoms. The van der Waals surface area contributed by atoms with Gasteiger partial charge in [0.2, 0.25) is 5.09 Å². The summed E-state index contributed by atoms with van der Waals surface area (Å²) in [5.41, 5.74) is 0. The summed E-state index contributed by atoms with van der Waals surface area (Å²) in [4.78, 5) is 2.22. The number of rotatable bonds is 5. The molecule has 0 amide bonds. The zero-order valence-corrected chi connectivity index (χ0v) is 13.0. The first-order valence-corrected chi connectivity index (χ1v) is 8.35. The Kier molecular flexibility index (Phi) is 4.85. The summed E-state index contributed by atoms with van der Waals surface area (Å²) in [6, 6.07) is 3.16. The molecule has 0 bridgehead atoms. The minimum atomic E-state index is -3.57. The molecule has 114 valence electrons. The molecule has 6 nitrogen and oxygen atoms in total. The lowest BCUT2D eigenvalue weighted by Gasteiger charge is -2.34. The molecule has 1 fully saturated rings. The molecule has 0 saturated carbocycles. The van der Waals surface area contributed by atoms with Gasteiger partial charge in [-0.15, -0.1) is 0 Å². The van der Waals surface area contributed by atoms with Crippen LogP contribution in [0.1, 0.15) is 19.1 Å². The molecular weight excluding hydrogens is 278 g/mol. The third kappa shape index (κ3) is 3.60. The van der Waals surface area contributed by atoms with Crippen LogP contribution >= 0.6 is 0 Å². The van der Waals surface area contributed by atoms with E-state index in [2.05, 4.69) is 28.9 Å². The minimum Gasteiger partial charge on any atom is -0.447 e. The largest absolute Gasteiger partial charge is 0.447 e. The second kappa shape index (κ2) is 6.26. The molecule has 0 spiro atoms. The maximum Gasteiger partial charge on any atom is 0.274 e. The van der Waals surface area contributed by atoms with Gasteiger partial charge in [0.15, 0.2) is 0 Å². The Bertz CT molecular complexity index is 541. The summed E-state index contributed by atoms with van der Waals surface area (Å²) in [5.74, 6) is 0.902. The van der Waals surface area contributed by atoms with E-state index in [4.69, 9.17) is 4.42 Å². The van der Waals surface area contributed by atoms with Gasteiger partial charge in [-0.05, 0) is 45.1 Å². The van der Waals surface area contributed by atoms with Gasteiger partial charge in [0, 0.05) is 12.6 Å². The third-order valence-corrected chi connectivity index (χ3v) is 5.03. The molecule has 2 rings (SSSR count). The number of piperidine rings is 1. The molecule has 2 atom stereocenters. The molecule has 0 aromatic carbocycles. The number of sulfonamides is 1. The second-order valence-electron chi connectivity index (χ2n) is 5.51. The monoisotopic (exact) mass is 301 g/mol. The Morgan fingerprint density at radius 3 is 2.85 bits per heavy atom. The van der Waals surface area contributed by atoms with Crippen molar-refractivity contribution in [3.63, 3.8) is 0 Å². The van der Waals surface area contributed by atoms with E-state index in [-0.39, 0.29) is 17.1 Å². The maximum atomic E-state index is 12.3. The van der Waals surface area contributed by atoms with Crippen molar-refractivity contribution in [2.75, 3.05) is 27.2 Å². The van der Waals surface area contributed by atoms with E-state index >= 15 is 0 Å². The van der Waals surface area contributed by atoms with Crippen LogP contribution in [0.4, 0.5) is 0 Å². The Morgan fingerprint density at radius 1 is 1.45 bits per heavy atom. The van der Waals surface area contributed by atoms with E-state index in [9.17, 15) is 8.42 Å². The molecule has 7 heteroatoms. The predicted molar refractivity (Wildman–Crippen MR) is 76.9 cm³/mol. The number of hydrogen-bond acceptors (Lipinski definition) is 5. The average molecular weight is 301 g/mol. The number of likely N-dealkylation sites (tertiary alicyclic amines) is 1. The molecule has 1 aliphatic rings. The van der Waals surface area contributed by atoms with Crippen molar-refractivity contribution in [1.82, 2.24) is 14.9 Å². The van der Waals surface area contributed by atoms with Gasteiger partial charge in [0.25, 0.3) is 10.0 Å². The molecule has 2 N–H and O–H groups in total. The molecular formula is C13H23N3O3S. The summed E-state index contributed by atoms with van der Waals surface area (Å²) in [6.45, 7) is 4.38. The smallest absolute Gasteiger partial charge is 0.274 e. The number of nitrogens with one attached hydrogen (secondary N) is 2. The Hall–Kier alpha value is -0.890. The first-order valence-electron chi connectivity index (χ1n) is 6.86. The zero-order valence-electron chi connectivity index (χ0n) is 12.2. The Labute approximate surface area is 120 Å². The van der Waals surface area contributed by atoms with Crippen molar-refractivity contribution in [3.05, 3.63) is 17.9 Å². The van der Waals surface area contributed by atoms with Gasteiger partial charge in [-0.3, -0.25) is 0 Å². The lowest BCUT2D eigenvalue weighted by Crippen LogP contribution is -2.48. The SMILES string of the molecule is CNCc1ccc(S(=O)(=O)NC2CCN(C)CC2C)o1. The molecule has 0 radical (unpaired) electrons. The Balaban J connectivity index is 2.06. The van der Waals surface area contributed by atoms with Gasteiger partial charge in [-0.2, -0.15) is 0 Å². The van der Waals surface area contributed by atoms with E-state index in [1.54, 1.807) is 13.1 Å². The number of furan rings is 1. The molecule has 2 heterocycles. The summed E-state index contributed by atoms with van der Waals surface area (Å²) in [7, 11) is 0.269. The lowest BCUT2D eigenvalue weighted by molar-refractivity contribution is 0.188. The van der Waals surface area contributed by atoms with Crippen molar-refractivity contribution >= 4 is 10.0 Å². The molecule has 1 aromatic heterocycles. The zero-order chi connectivity index (χ0) is 14.8. The van der Waals surface area contributed by atoms with Crippen LogP contribution in [0.5, 0.6) is 0 Å². The Morgan fingerprint density at radius 2 is 2.20 bits per heavy atom. The highest BCUT2D eigenvalue weighted by atomic mass is 32.2. The van der Waals surface area contributed by atoms with Crippen molar-refractivity contribution < 1.29 is 12.8 Å². The summed E-state index contributed by atoms with van der Waals surface area (Å²) in [6.07, 6.45) is 0.820. The highest BCUT2D eigenvalue weighted by Crippen LogP contribution is 2.20. The van der Waals surface area contributed by atoms with Crippen molar-refractivity contribution in [2.45, 2.75) is 31.0 Å². The van der Waals surface area contributed by atoms with Crippen LogP contribution in [0.2, 0.25) is 0 Å². The van der Waals surface area contributed by atoms with Gasteiger partial charge in [0.05, 0.1) is 6.54 Å². The molecule has 2 unspecified atom stereocenters. The highest BCUT2D eigenvalue weighted by molar-refractivity contribution is 7.89. The van der Waals surface area contributed by atoms with Crippen LogP contribution in [0.15, 0.2) is 21.6 Å². The van der Waals surface area contributed by atoms with Crippen molar-refractivity contribution in [1.29, 1.82) is 0 Å². The second-order valence-corrected chi connectivity index (χ2v) is 7.15. The van der Waals surface area contributed by atoms with E-state index in [1.807, 2.05) is 0 Å². The fraction of sp³-hybridized carbons (Fsp3) is 0.692. The molecule has 0 aliphatic carbocycles. The van der Waals surface area contributed by atoms with Crippen molar-refractivity contribution in [2.24, 2.45) is 5.92 Å². The first-order chi connectivity index (χ1) is 9.42. The van der Waals surface area contributed by atoms with E-state index in [0.717, 1.165) is 19.5 Å². The minimum absolute atomic E-state index is 0.00567. The standard InChI is InChI=1S/C13H23N3O3S/c1-10-9-16(3)7-6-12(10)15-20(17,18)13-5-4-11(19-13)8-14-2/h4-5,10,12,14-15H,6-9H2,1-3H3. The van der Waals surface area contributed by atoms with E-state index < -0.39 is 10.0 Å². The number of nitrogens with zero attached hydrogens (tertiary/aromatic N) is 1. The lowest BCUT2D eigenvalue weighted by atomic mass is 9.95. The van der Waals surface area contributed by atoms with Gasteiger partial charge in [-0.1, -0.05) is 6.92 Å². The average Bonchev–Trinajstić information content (AvgIpc) is 2.83. The van der Waals surface area contributed by atoms with Crippen LogP contribution in [0.3, 0.4) is 0 Å². The van der Waals surface area contributed by atoms with Crippen molar-refractivity contribution in [3.8, 4) is 0 Å². The van der Waals surface area contributed by atoms with Crippen LogP contribution in [-0.2, 0) is 16.6 Å². The quantitative estimate of drug-likeness (QED) is 0.834. The fourth-order valence-electron chi connectivity index (χ4n) is 2.56. The number of hydrogen-bond donors (Lipinski definition) is 2. The first kappa shape index (κ1) is 15.5. The predicted octanol–water partition coefficient (Wildman–Crippen LogP) is 0.618. The van der Waals surface area contributed by atoms with Gasteiger partial charge >= 0.3 is 0 Å². The third-order valence-electron chi connectivity index (χ3n) is 3.67. The van der Waals surface area contributed by atoms with Crippen LogP contribution in [0.25, 0.3) is 0 Å². The topological polar surface area (TPSA) is 74.6 Å². The van der Waals surface area contributed by atoms with Gasteiger partial charge in [-0.25, -0.2) is 13.1 Å². The van der Waals surface area contributed by atoms with Crippen LogP contribution in [0, 0.1) is 5.92 Å². The van der Waals surface area contributed by atoms with Gasteiger partial charge < -0.3 is 14.6 Å². The molecule has 1 saturated heterocycles. The normalized spacial score (nSPS) is 24.9. The van der Waals surface area contributed by atoms with E-state index in [1.165, 1.54) is 6.07 Å². The summed E-state index contributed by atoms with van der Waals surface area (Å²) in [5, 5.41) is 2.92. The maximum absolute atomic E-state index is 12.3. The molecule has 1 aromatic rings. The van der Waals surface area contributed by atoms with Crippen LogP contribution < -0.4 is 10.0 Å². The fourth-order valence-corrected chi connectivity index (χ4v) is 3.89. The highest BCUT2D eigenvalue weighted by Gasteiger charge is 2.30. The summed E-state index contributed by atoms with van der Waals surface area (Å²) < 4.78 is 32.7. The molecule has 1 aliphatic heterocycles. The van der Waals surface area contributed by atoms with Gasteiger partial charge in [0.1, 0.15) is 5.76 Å².